The van der Waals surface area contributed by atoms with Crippen LogP contribution >= 0.6 is 0 Å². The fourth-order valence-corrected chi connectivity index (χ4v) is 8.02. The third kappa shape index (κ3) is 6.63. The lowest BCUT2D eigenvalue weighted by Gasteiger charge is -2.32. The monoisotopic (exact) mass is 700 g/mol. The first-order chi connectivity index (χ1) is 26.2. The Hall–Kier alpha value is -6.52. The van der Waals surface area contributed by atoms with Crippen molar-refractivity contribution in [3.63, 3.8) is 0 Å². The first-order valence-corrected chi connectivity index (χ1v) is 18.6. The average molecular weight is 701 g/mol. The Balaban J connectivity index is 1.33. The van der Waals surface area contributed by atoms with Crippen LogP contribution in [0.15, 0.2) is 158 Å². The molecule has 0 spiro atoms. The van der Waals surface area contributed by atoms with Crippen LogP contribution in [0.4, 0.5) is 34.3 Å². The van der Waals surface area contributed by atoms with Gasteiger partial charge in [0.2, 0.25) is 0 Å². The van der Waals surface area contributed by atoms with Gasteiger partial charge in [-0.2, -0.15) is 0 Å². The smallest absolute Gasteiger partial charge is 0.156 e. The first-order valence-electron chi connectivity index (χ1n) is 18.6. The summed E-state index contributed by atoms with van der Waals surface area (Å²) in [6, 6.07) is 52.0. The van der Waals surface area contributed by atoms with Gasteiger partial charge in [-0.15, -0.1) is 0 Å². The van der Waals surface area contributed by atoms with Gasteiger partial charge in [-0.25, -0.2) is 4.98 Å². The van der Waals surface area contributed by atoms with E-state index >= 15 is 0 Å². The second-order valence-corrected chi connectivity index (χ2v) is 14.4. The molecule has 1 heterocycles. The summed E-state index contributed by atoms with van der Waals surface area (Å²) in [7, 11) is 0. The summed E-state index contributed by atoms with van der Waals surface area (Å²) in [6.07, 6.45) is 3.77. The second kappa shape index (κ2) is 14.5. The van der Waals surface area contributed by atoms with Crippen LogP contribution in [0, 0.1) is 41.5 Å². The van der Waals surface area contributed by atoms with Crippen molar-refractivity contribution in [1.29, 1.82) is 0 Å². The molecular weight excluding hydrogens is 657 g/mol. The normalized spacial score (nSPS) is 11.1. The van der Waals surface area contributed by atoms with E-state index < -0.39 is 0 Å². The fourth-order valence-electron chi connectivity index (χ4n) is 8.02. The standard InChI is InChI=1S/C50H44N4/c1-33-25-35(3)49(36(4)26-33)54(50-37(5)27-34(2)28-38(50)6)44-23-21-43(22-24-44)53(48-32-51-46(31-52-48)40-17-11-8-12-18-40)47-30-42-20-14-13-19-41(42)29-45(47)39-15-9-7-10-16-39/h7-32H,1-6H3. The molecule has 54 heavy (non-hydrogen) atoms. The zero-order valence-corrected chi connectivity index (χ0v) is 31.8. The molecule has 0 bridgehead atoms. The van der Waals surface area contributed by atoms with Gasteiger partial charge >= 0.3 is 0 Å². The molecule has 0 saturated carbocycles. The van der Waals surface area contributed by atoms with E-state index in [4.69, 9.17) is 9.97 Å². The summed E-state index contributed by atoms with van der Waals surface area (Å²) in [4.78, 5) is 14.7. The number of aromatic nitrogens is 2. The number of benzene rings is 7. The van der Waals surface area contributed by atoms with E-state index in [2.05, 4.69) is 179 Å². The molecule has 0 radical (unpaired) electrons. The Morgan fingerprint density at radius 1 is 0.407 bits per heavy atom. The van der Waals surface area contributed by atoms with E-state index in [9.17, 15) is 0 Å². The van der Waals surface area contributed by atoms with Crippen molar-refractivity contribution in [1.82, 2.24) is 9.97 Å². The van der Waals surface area contributed by atoms with Gasteiger partial charge in [0.1, 0.15) is 0 Å². The Kier molecular flexibility index (Phi) is 9.27. The maximum atomic E-state index is 5.09. The molecule has 8 rings (SSSR count). The summed E-state index contributed by atoms with van der Waals surface area (Å²) in [5.41, 5.74) is 17.2. The minimum atomic E-state index is 0.738. The van der Waals surface area contributed by atoms with Crippen molar-refractivity contribution in [3.05, 3.63) is 191 Å². The van der Waals surface area contributed by atoms with Gasteiger partial charge < -0.3 is 4.90 Å². The van der Waals surface area contributed by atoms with Crippen molar-refractivity contribution in [3.8, 4) is 22.4 Å². The Morgan fingerprint density at radius 2 is 0.870 bits per heavy atom. The van der Waals surface area contributed by atoms with Gasteiger partial charge in [0.15, 0.2) is 5.82 Å². The highest BCUT2D eigenvalue weighted by Crippen LogP contribution is 2.46. The fraction of sp³-hybridized carbons (Fsp3) is 0.120. The average Bonchev–Trinajstić information content (AvgIpc) is 3.18. The molecule has 4 heteroatoms. The molecule has 8 aromatic rings. The van der Waals surface area contributed by atoms with Crippen molar-refractivity contribution >= 4 is 45.0 Å². The summed E-state index contributed by atoms with van der Waals surface area (Å²) >= 11 is 0. The topological polar surface area (TPSA) is 32.3 Å². The largest absolute Gasteiger partial charge is 0.309 e. The Labute approximate surface area is 319 Å². The van der Waals surface area contributed by atoms with E-state index in [-0.39, 0.29) is 0 Å². The number of aryl methyl sites for hydroxylation is 6. The van der Waals surface area contributed by atoms with E-state index in [1.165, 1.54) is 50.1 Å². The summed E-state index contributed by atoms with van der Waals surface area (Å²) in [5, 5.41) is 2.34. The summed E-state index contributed by atoms with van der Waals surface area (Å²) in [5.74, 6) is 0.738. The third-order valence-electron chi connectivity index (χ3n) is 10.2. The van der Waals surface area contributed by atoms with Crippen LogP contribution in [-0.2, 0) is 0 Å². The predicted octanol–water partition coefficient (Wildman–Crippen LogP) is 13.8. The molecule has 7 aromatic carbocycles. The van der Waals surface area contributed by atoms with Crippen molar-refractivity contribution in [2.24, 2.45) is 0 Å². The molecule has 0 aliphatic carbocycles. The second-order valence-electron chi connectivity index (χ2n) is 14.4. The van der Waals surface area contributed by atoms with Gasteiger partial charge in [0.25, 0.3) is 0 Å². The highest BCUT2D eigenvalue weighted by molar-refractivity contribution is 5.98. The van der Waals surface area contributed by atoms with Crippen LogP contribution in [0.1, 0.15) is 33.4 Å². The molecule has 0 N–H and O–H groups in total. The SMILES string of the molecule is Cc1cc(C)c(N(c2ccc(N(c3cnc(-c4ccccc4)cn3)c3cc4ccccc4cc3-c3ccccc3)cc2)c2c(C)cc(C)cc2C)c(C)c1. The Bertz CT molecular complexity index is 2490. The van der Waals surface area contributed by atoms with E-state index in [1.54, 1.807) is 0 Å². The molecule has 0 aliphatic rings. The number of hydrogen-bond acceptors (Lipinski definition) is 4. The zero-order valence-electron chi connectivity index (χ0n) is 31.8. The van der Waals surface area contributed by atoms with Gasteiger partial charge in [-0.1, -0.05) is 120 Å². The number of rotatable bonds is 8. The van der Waals surface area contributed by atoms with Crippen LogP contribution in [-0.4, -0.2) is 9.97 Å². The maximum Gasteiger partial charge on any atom is 0.156 e. The first kappa shape index (κ1) is 34.6. The van der Waals surface area contributed by atoms with E-state index in [0.29, 0.717) is 0 Å². The highest BCUT2D eigenvalue weighted by atomic mass is 15.2. The van der Waals surface area contributed by atoms with Crippen molar-refractivity contribution < 1.29 is 0 Å². The number of fused-ring (bicyclic) bond motifs is 1. The van der Waals surface area contributed by atoms with Crippen LogP contribution < -0.4 is 9.80 Å². The number of nitrogens with zero attached hydrogens (tertiary/aromatic N) is 4. The highest BCUT2D eigenvalue weighted by Gasteiger charge is 2.24. The molecule has 1 aromatic heterocycles. The molecular formula is C50H44N4. The van der Waals surface area contributed by atoms with Crippen LogP contribution in [0.5, 0.6) is 0 Å². The third-order valence-corrected chi connectivity index (χ3v) is 10.2. The van der Waals surface area contributed by atoms with Crippen LogP contribution in [0.3, 0.4) is 0 Å². The van der Waals surface area contributed by atoms with Gasteiger partial charge in [-0.3, -0.25) is 9.88 Å². The minimum absolute atomic E-state index is 0.738. The molecule has 264 valence electrons. The van der Waals surface area contributed by atoms with Gasteiger partial charge in [-0.05, 0) is 117 Å². The van der Waals surface area contributed by atoms with Crippen molar-refractivity contribution in [2.45, 2.75) is 41.5 Å². The van der Waals surface area contributed by atoms with Crippen LogP contribution in [0.25, 0.3) is 33.2 Å². The number of anilines is 6. The molecule has 0 unspecified atom stereocenters. The zero-order chi connectivity index (χ0) is 37.3. The predicted molar refractivity (Wildman–Crippen MR) is 228 cm³/mol. The lowest BCUT2D eigenvalue weighted by Crippen LogP contribution is -2.17. The molecule has 0 fully saturated rings. The van der Waals surface area contributed by atoms with Gasteiger partial charge in [0, 0.05) is 22.5 Å². The summed E-state index contributed by atoms with van der Waals surface area (Å²) in [6.45, 7) is 13.2. The number of hydrogen-bond donors (Lipinski definition) is 0. The Morgan fingerprint density at radius 3 is 1.37 bits per heavy atom. The van der Waals surface area contributed by atoms with Crippen molar-refractivity contribution in [2.75, 3.05) is 9.80 Å². The maximum absolute atomic E-state index is 5.09. The van der Waals surface area contributed by atoms with E-state index in [1.807, 2.05) is 30.6 Å². The lowest BCUT2D eigenvalue weighted by molar-refractivity contribution is 1.13. The van der Waals surface area contributed by atoms with Crippen LogP contribution in [0.2, 0.25) is 0 Å². The molecule has 4 nitrogen and oxygen atoms in total. The quantitative estimate of drug-likeness (QED) is 0.158. The van der Waals surface area contributed by atoms with Gasteiger partial charge in [0.05, 0.1) is 35.1 Å². The lowest BCUT2D eigenvalue weighted by atomic mass is 9.97. The van der Waals surface area contributed by atoms with E-state index in [0.717, 1.165) is 50.7 Å². The molecule has 0 aliphatic heterocycles. The minimum Gasteiger partial charge on any atom is -0.309 e. The molecule has 0 saturated heterocycles. The molecule has 0 amide bonds. The molecule has 0 atom stereocenters. The summed E-state index contributed by atoms with van der Waals surface area (Å²) < 4.78 is 0.